The van der Waals surface area contributed by atoms with Crippen LogP contribution in [0.25, 0.3) is 0 Å². The highest BCUT2D eigenvalue weighted by atomic mass is 16.6. The zero-order valence-corrected chi connectivity index (χ0v) is 17.9. The third-order valence-corrected chi connectivity index (χ3v) is 4.61. The lowest BCUT2D eigenvalue weighted by Gasteiger charge is -2.32. The topological polar surface area (TPSA) is 91.0 Å². The summed E-state index contributed by atoms with van der Waals surface area (Å²) in [6.07, 6.45) is 0.757. The van der Waals surface area contributed by atoms with Crippen molar-refractivity contribution in [3.63, 3.8) is 0 Å². The molecule has 0 bridgehead atoms. The van der Waals surface area contributed by atoms with Gasteiger partial charge < -0.3 is 25.2 Å². The number of hydrogen-bond donors (Lipinski definition) is 2. The van der Waals surface area contributed by atoms with Gasteiger partial charge in [0.15, 0.2) is 0 Å². The van der Waals surface area contributed by atoms with E-state index in [-0.39, 0.29) is 24.4 Å². The maximum absolute atomic E-state index is 12.4. The van der Waals surface area contributed by atoms with E-state index in [0.29, 0.717) is 31.5 Å². The van der Waals surface area contributed by atoms with Crippen LogP contribution >= 0.6 is 0 Å². The van der Waals surface area contributed by atoms with E-state index in [4.69, 9.17) is 4.74 Å². The van der Waals surface area contributed by atoms with Crippen molar-refractivity contribution in [2.75, 3.05) is 38.6 Å². The molecule has 1 aromatic carbocycles. The molecule has 0 unspecified atom stereocenters. The third kappa shape index (κ3) is 7.29. The number of anilines is 1. The number of carbonyl (C=O) groups excluding carboxylic acids is 3. The molecule has 1 heterocycles. The summed E-state index contributed by atoms with van der Waals surface area (Å²) >= 11 is 0. The van der Waals surface area contributed by atoms with Gasteiger partial charge >= 0.3 is 6.09 Å². The molecule has 0 saturated carbocycles. The number of carbonyl (C=O) groups is 3. The highest BCUT2D eigenvalue weighted by molar-refractivity contribution is 5.94. The minimum absolute atomic E-state index is 0.0268. The van der Waals surface area contributed by atoms with Gasteiger partial charge in [-0.1, -0.05) is 0 Å². The van der Waals surface area contributed by atoms with Gasteiger partial charge in [0.2, 0.25) is 5.91 Å². The van der Waals surface area contributed by atoms with Crippen LogP contribution in [0.15, 0.2) is 24.3 Å². The average Bonchev–Trinajstić information content (AvgIpc) is 2.65. The van der Waals surface area contributed by atoms with Gasteiger partial charge in [0.1, 0.15) is 12.1 Å². The molecule has 2 N–H and O–H groups in total. The molecule has 8 heteroatoms. The monoisotopic (exact) mass is 404 g/mol. The Hall–Kier alpha value is -2.77. The van der Waals surface area contributed by atoms with Crippen LogP contribution < -0.4 is 15.5 Å². The third-order valence-electron chi connectivity index (χ3n) is 4.61. The molecule has 160 valence electrons. The Morgan fingerprint density at radius 3 is 2.21 bits per heavy atom. The zero-order chi connectivity index (χ0) is 21.6. The molecule has 0 aromatic heterocycles. The number of benzene rings is 1. The predicted octanol–water partition coefficient (Wildman–Crippen LogP) is 2.00. The Kier molecular flexibility index (Phi) is 7.47. The molecule has 0 atom stereocenters. The van der Waals surface area contributed by atoms with Crippen LogP contribution in [0.5, 0.6) is 0 Å². The summed E-state index contributed by atoms with van der Waals surface area (Å²) in [6.45, 7) is 6.29. The van der Waals surface area contributed by atoms with Crippen LogP contribution in [0.1, 0.15) is 44.0 Å². The fourth-order valence-corrected chi connectivity index (χ4v) is 3.03. The molecule has 1 aliphatic heterocycles. The number of nitrogens with one attached hydrogen (secondary N) is 2. The summed E-state index contributed by atoms with van der Waals surface area (Å²) in [5, 5.41) is 5.53. The average molecular weight is 405 g/mol. The molecule has 1 fully saturated rings. The SMILES string of the molecule is CN(C)c1ccc(C(=O)NC2CCN(C(=O)CNC(=O)OC(C)(C)C)CC2)cc1. The maximum atomic E-state index is 12.4. The summed E-state index contributed by atoms with van der Waals surface area (Å²) in [4.78, 5) is 40.0. The standard InChI is InChI=1S/C21H32N4O4/c1-21(2,3)29-20(28)22-14-18(26)25-12-10-16(11-13-25)23-19(27)15-6-8-17(9-7-15)24(4)5/h6-9,16H,10-14H2,1-5H3,(H,22,28)(H,23,27). The molecule has 1 saturated heterocycles. The first-order chi connectivity index (χ1) is 13.5. The zero-order valence-electron chi connectivity index (χ0n) is 17.9. The molecule has 29 heavy (non-hydrogen) atoms. The second-order valence-electron chi connectivity index (χ2n) is 8.43. The Labute approximate surface area is 172 Å². The van der Waals surface area contributed by atoms with Crippen molar-refractivity contribution in [3.05, 3.63) is 29.8 Å². The van der Waals surface area contributed by atoms with Crippen molar-refractivity contribution in [2.24, 2.45) is 0 Å². The number of nitrogens with zero attached hydrogens (tertiary/aromatic N) is 2. The molecular formula is C21H32N4O4. The molecular weight excluding hydrogens is 372 g/mol. The first-order valence-electron chi connectivity index (χ1n) is 9.88. The summed E-state index contributed by atoms with van der Waals surface area (Å²) < 4.78 is 5.13. The second kappa shape index (κ2) is 9.62. The maximum Gasteiger partial charge on any atom is 0.408 e. The second-order valence-corrected chi connectivity index (χ2v) is 8.43. The summed E-state index contributed by atoms with van der Waals surface area (Å²) in [5.41, 5.74) is 1.06. The smallest absolute Gasteiger partial charge is 0.408 e. The Morgan fingerprint density at radius 1 is 1.10 bits per heavy atom. The van der Waals surface area contributed by atoms with Gasteiger partial charge in [0.05, 0.1) is 0 Å². The fourth-order valence-electron chi connectivity index (χ4n) is 3.03. The van der Waals surface area contributed by atoms with Gasteiger partial charge in [-0.25, -0.2) is 4.79 Å². The lowest BCUT2D eigenvalue weighted by molar-refractivity contribution is -0.131. The number of hydrogen-bond acceptors (Lipinski definition) is 5. The molecule has 2 rings (SSSR count). The molecule has 1 aliphatic rings. The first-order valence-corrected chi connectivity index (χ1v) is 9.88. The number of likely N-dealkylation sites (tertiary alicyclic amines) is 1. The van der Waals surface area contributed by atoms with Gasteiger partial charge in [0, 0.05) is 44.5 Å². The normalized spacial score (nSPS) is 14.9. The van der Waals surface area contributed by atoms with Gasteiger partial charge in [-0.15, -0.1) is 0 Å². The predicted molar refractivity (Wildman–Crippen MR) is 112 cm³/mol. The van der Waals surface area contributed by atoms with Crippen molar-refractivity contribution in [1.29, 1.82) is 0 Å². The quantitative estimate of drug-likeness (QED) is 0.783. The number of rotatable bonds is 5. The molecule has 1 aromatic rings. The number of amides is 3. The van der Waals surface area contributed by atoms with Crippen molar-refractivity contribution in [1.82, 2.24) is 15.5 Å². The molecule has 3 amide bonds. The molecule has 0 radical (unpaired) electrons. The Morgan fingerprint density at radius 2 is 1.69 bits per heavy atom. The van der Waals surface area contributed by atoms with Crippen LogP contribution in [-0.2, 0) is 9.53 Å². The largest absolute Gasteiger partial charge is 0.444 e. The lowest BCUT2D eigenvalue weighted by Crippen LogP contribution is -2.49. The van der Waals surface area contributed by atoms with Crippen molar-refractivity contribution in [2.45, 2.75) is 45.3 Å². The summed E-state index contributed by atoms with van der Waals surface area (Å²) in [6, 6.07) is 7.47. The highest BCUT2D eigenvalue weighted by Gasteiger charge is 2.25. The summed E-state index contributed by atoms with van der Waals surface area (Å²) in [5.74, 6) is -0.258. The van der Waals surface area contributed by atoms with Crippen molar-refractivity contribution in [3.8, 4) is 0 Å². The van der Waals surface area contributed by atoms with Gasteiger partial charge in [-0.05, 0) is 57.9 Å². The molecule has 0 spiro atoms. The number of piperidine rings is 1. The molecule has 8 nitrogen and oxygen atoms in total. The van der Waals surface area contributed by atoms with Crippen molar-refractivity contribution < 1.29 is 19.1 Å². The van der Waals surface area contributed by atoms with Gasteiger partial charge in [0.25, 0.3) is 5.91 Å². The van der Waals surface area contributed by atoms with E-state index in [1.54, 1.807) is 25.7 Å². The lowest BCUT2D eigenvalue weighted by atomic mass is 10.0. The minimum atomic E-state index is -0.603. The van der Waals surface area contributed by atoms with Crippen LogP contribution in [0, 0.1) is 0 Å². The summed E-state index contributed by atoms with van der Waals surface area (Å²) in [7, 11) is 3.90. The Bertz CT molecular complexity index is 717. The molecule has 0 aliphatic carbocycles. The van der Waals surface area contributed by atoms with Gasteiger partial charge in [-0.2, -0.15) is 0 Å². The fraction of sp³-hybridized carbons (Fsp3) is 0.571. The van der Waals surface area contributed by atoms with Crippen molar-refractivity contribution >= 4 is 23.6 Å². The van der Waals surface area contributed by atoms with E-state index in [9.17, 15) is 14.4 Å². The minimum Gasteiger partial charge on any atom is -0.444 e. The van der Waals surface area contributed by atoms with Crippen LogP contribution in [0.4, 0.5) is 10.5 Å². The number of ether oxygens (including phenoxy) is 1. The van der Waals surface area contributed by atoms with Crippen LogP contribution in [0.2, 0.25) is 0 Å². The highest BCUT2D eigenvalue weighted by Crippen LogP contribution is 2.14. The van der Waals surface area contributed by atoms with Crippen LogP contribution in [-0.4, -0.2) is 68.2 Å². The van der Waals surface area contributed by atoms with E-state index >= 15 is 0 Å². The van der Waals surface area contributed by atoms with Gasteiger partial charge in [-0.3, -0.25) is 9.59 Å². The van der Waals surface area contributed by atoms with E-state index < -0.39 is 11.7 Å². The first kappa shape index (κ1) is 22.5. The van der Waals surface area contributed by atoms with E-state index in [1.165, 1.54) is 0 Å². The van der Waals surface area contributed by atoms with E-state index in [0.717, 1.165) is 5.69 Å². The Balaban J connectivity index is 1.74. The van der Waals surface area contributed by atoms with Crippen LogP contribution in [0.3, 0.4) is 0 Å². The van der Waals surface area contributed by atoms with E-state index in [1.807, 2.05) is 43.3 Å². The number of alkyl carbamates (subject to hydrolysis) is 1. The van der Waals surface area contributed by atoms with E-state index in [2.05, 4.69) is 10.6 Å².